The van der Waals surface area contributed by atoms with Gasteiger partial charge >= 0.3 is 0 Å². The van der Waals surface area contributed by atoms with Crippen LogP contribution in [0.15, 0.2) is 534 Å². The van der Waals surface area contributed by atoms with Crippen molar-refractivity contribution in [2.75, 3.05) is 0 Å². The Labute approximate surface area is 831 Å². The fraction of sp³-hybridized carbons (Fsp3) is 0. The lowest BCUT2D eigenvalue weighted by Crippen LogP contribution is -1.98. The van der Waals surface area contributed by atoms with E-state index in [1.165, 1.54) is 131 Å². The van der Waals surface area contributed by atoms with Crippen LogP contribution in [0.4, 0.5) is 0 Å². The van der Waals surface area contributed by atoms with Crippen LogP contribution >= 0.6 is 0 Å². The van der Waals surface area contributed by atoms with Gasteiger partial charge in [0.2, 0.25) is 0 Å². The maximum atomic E-state index is 2.53. The van der Waals surface area contributed by atoms with Gasteiger partial charge in [-0.1, -0.05) is 376 Å². The topological polar surface area (TPSA) is 29.6 Å². The Hall–Kier alpha value is -19.1. The van der Waals surface area contributed by atoms with E-state index < -0.39 is 0 Å². The molecule has 0 amide bonds. The summed E-state index contributed by atoms with van der Waals surface area (Å²) in [6.07, 6.45) is 0. The summed E-state index contributed by atoms with van der Waals surface area (Å²) >= 11 is 0. The third-order valence-corrected chi connectivity index (χ3v) is 30.2. The number of para-hydroxylation sites is 6. The van der Waals surface area contributed by atoms with E-state index in [0.29, 0.717) is 0 Å². The number of hydrogen-bond donors (Lipinski definition) is 0. The summed E-state index contributed by atoms with van der Waals surface area (Å²) in [7, 11) is 0. The molecule has 0 aliphatic rings. The molecular weight excluding hydrogens is 1740 g/mol. The van der Waals surface area contributed by atoms with Crippen molar-refractivity contribution in [2.24, 2.45) is 0 Å². The lowest BCUT2D eigenvalue weighted by Gasteiger charge is -2.17. The van der Waals surface area contributed by atoms with Crippen molar-refractivity contribution in [1.82, 2.24) is 27.4 Å². The lowest BCUT2D eigenvalue weighted by molar-refractivity contribution is 1.17. The summed E-state index contributed by atoms with van der Waals surface area (Å²) in [5, 5.41) is 14.5. The minimum Gasteiger partial charge on any atom is -0.309 e. The predicted molar refractivity (Wildman–Crippen MR) is 607 cm³/mol. The van der Waals surface area contributed by atoms with Crippen LogP contribution in [-0.2, 0) is 0 Å². The molecule has 0 aliphatic heterocycles. The van der Waals surface area contributed by atoms with Crippen LogP contribution in [0.2, 0.25) is 0 Å². The summed E-state index contributed by atoms with van der Waals surface area (Å²) < 4.78 is 15.0. The molecule has 144 heavy (non-hydrogen) atoms. The molecule has 6 heterocycles. The molecule has 6 heteroatoms. The fourth-order valence-corrected chi connectivity index (χ4v) is 23.8. The van der Waals surface area contributed by atoms with Gasteiger partial charge in [-0.05, 0) is 258 Å². The number of aromatic nitrogens is 6. The largest absolute Gasteiger partial charge is 0.309 e. The van der Waals surface area contributed by atoms with E-state index in [1.807, 2.05) is 0 Å². The van der Waals surface area contributed by atoms with E-state index >= 15 is 0 Å². The SMILES string of the molecule is c1ccc(-c2ccc(-n3c4ccccc4c4c5c6cc(-c7ccc(-c8cc(-c9ccccc9)cc(-n9c%10ccccc%10c%10c%11c%12cc(-c%13ccccc%13-c%13ccccc%13-n%13c%14ccccc%14c%14c%15c%16ccccc%16n(-c%16ccccc%16-c%16ccccc%16)c%15ccc%14%13)ccc%12n(-c%12ccc(-c%13ccccc%13)cc%12)c%11ccc%109)c8)cc7)ccc6n(-c6ccc(-c7cccc(-c8ccccc8)c7)cc6)c5ccc43)cc2)cc1. The van der Waals surface area contributed by atoms with E-state index in [2.05, 4.69) is 561 Å². The molecule has 0 N–H and O–H groups in total. The first kappa shape index (κ1) is 82.0. The van der Waals surface area contributed by atoms with Gasteiger partial charge in [0.15, 0.2) is 0 Å². The standard InChI is InChI=1S/C138H88N6/c1-6-31-89(32-7-1)93-61-69-105(70-62-93)139-121-53-26-20-47-113(121)133-127(139)77-79-129-137(133)117-87-101(67-75-125(117)140(129)107-73-65-96(66-74-107)100-42-30-41-99(83-100)91-35-10-3-11-36-91)95-57-59-97(60-58-95)104-84-103(92-37-12-4-13-38-92)85-108(86-104)142-122-54-27-21-48-114(122)134-128(142)78-80-130-138(134)118-88-102(68-76-126(118)141(130)106-71-63-94(64-72-106)90-33-8-2-9-34-90)109-43-16-17-45-111(109)112-46-19-25-52-120(112)144-124-56-29-23-50-116(124)136-132(144)82-81-131-135(136)115-49-22-28-55-123(115)143(131)119-51-24-18-44-110(119)98-39-14-5-15-40-98/h1-88H. The highest BCUT2D eigenvalue weighted by Crippen LogP contribution is 2.52. The average Bonchev–Trinajstić information content (AvgIpc) is 1.55. The van der Waals surface area contributed by atoms with Gasteiger partial charge in [0.25, 0.3) is 0 Å². The molecule has 0 radical (unpaired) electrons. The summed E-state index contributed by atoms with van der Waals surface area (Å²) in [6.45, 7) is 0. The monoisotopic (exact) mass is 1830 g/mol. The molecule has 0 fully saturated rings. The average molecular weight is 1830 g/mol. The third kappa shape index (κ3) is 13.1. The number of hydrogen-bond acceptors (Lipinski definition) is 0. The van der Waals surface area contributed by atoms with Crippen LogP contribution in [0, 0.1) is 0 Å². The van der Waals surface area contributed by atoms with Crippen LogP contribution in [0.5, 0.6) is 0 Å². The minimum absolute atomic E-state index is 1.07. The van der Waals surface area contributed by atoms with Crippen LogP contribution in [-0.4, -0.2) is 27.4 Å². The van der Waals surface area contributed by atoms with Crippen molar-refractivity contribution in [3.8, 4) is 145 Å². The summed E-state index contributed by atoms with van der Waals surface area (Å²) in [4.78, 5) is 0. The first-order valence-corrected chi connectivity index (χ1v) is 49.7. The molecule has 0 atom stereocenters. The molecule has 0 aliphatic carbocycles. The Morgan fingerprint density at radius 3 is 0.743 bits per heavy atom. The van der Waals surface area contributed by atoms with Crippen molar-refractivity contribution in [1.29, 1.82) is 0 Å². The minimum atomic E-state index is 1.07. The van der Waals surface area contributed by atoms with Crippen molar-refractivity contribution in [3.05, 3.63) is 534 Å². The Morgan fingerprint density at radius 2 is 0.326 bits per heavy atom. The lowest BCUT2D eigenvalue weighted by atomic mass is 9.92. The van der Waals surface area contributed by atoms with Crippen molar-refractivity contribution >= 4 is 131 Å². The van der Waals surface area contributed by atoms with Crippen molar-refractivity contribution < 1.29 is 0 Å². The van der Waals surface area contributed by atoms with Crippen LogP contribution in [0.1, 0.15) is 0 Å². The highest BCUT2D eigenvalue weighted by Gasteiger charge is 2.29. The van der Waals surface area contributed by atoms with Gasteiger partial charge in [0.1, 0.15) is 0 Å². The second-order valence-electron chi connectivity index (χ2n) is 38.1. The van der Waals surface area contributed by atoms with Gasteiger partial charge < -0.3 is 27.4 Å². The summed E-state index contributed by atoms with van der Waals surface area (Å²) in [6, 6.07) is 198. The second kappa shape index (κ2) is 33.3. The number of fused-ring (bicyclic) bond motifs is 21. The maximum Gasteiger partial charge on any atom is 0.0549 e. The summed E-state index contributed by atoms with van der Waals surface area (Å²) in [5.74, 6) is 0. The molecule has 29 aromatic rings. The zero-order valence-corrected chi connectivity index (χ0v) is 78.5. The quantitative estimate of drug-likeness (QED) is 0.0923. The highest BCUT2D eigenvalue weighted by molar-refractivity contribution is 6.33. The normalized spacial score (nSPS) is 11.9. The van der Waals surface area contributed by atoms with Gasteiger partial charge in [-0.25, -0.2) is 0 Å². The van der Waals surface area contributed by atoms with Gasteiger partial charge in [0, 0.05) is 98.5 Å². The molecule has 23 aromatic carbocycles. The molecule has 0 spiro atoms. The predicted octanol–water partition coefficient (Wildman–Crippen LogP) is 36.9. The molecule has 6 nitrogen and oxygen atoms in total. The molecule has 0 saturated carbocycles. The van der Waals surface area contributed by atoms with E-state index in [-0.39, 0.29) is 0 Å². The zero-order valence-electron chi connectivity index (χ0n) is 78.5. The molecule has 6 aromatic heterocycles. The van der Waals surface area contributed by atoms with Crippen LogP contribution in [0.25, 0.3) is 276 Å². The van der Waals surface area contributed by atoms with Crippen LogP contribution < -0.4 is 0 Å². The fourth-order valence-electron chi connectivity index (χ4n) is 23.8. The van der Waals surface area contributed by atoms with E-state index in [1.54, 1.807) is 0 Å². The van der Waals surface area contributed by atoms with Crippen LogP contribution in [0.3, 0.4) is 0 Å². The van der Waals surface area contributed by atoms with Gasteiger partial charge in [-0.2, -0.15) is 0 Å². The Kier molecular flexibility index (Phi) is 19.0. The van der Waals surface area contributed by atoms with E-state index in [9.17, 15) is 0 Å². The highest BCUT2D eigenvalue weighted by atomic mass is 15.0. The second-order valence-corrected chi connectivity index (χ2v) is 38.1. The summed E-state index contributed by atoms with van der Waals surface area (Å²) in [5.41, 5.74) is 43.6. The molecule has 0 bridgehead atoms. The Bertz CT molecular complexity index is 10200. The van der Waals surface area contributed by atoms with Gasteiger partial charge in [-0.3, -0.25) is 0 Å². The molecule has 29 rings (SSSR count). The zero-order chi connectivity index (χ0) is 94.6. The molecule has 0 unspecified atom stereocenters. The Balaban J connectivity index is 0.578. The third-order valence-electron chi connectivity index (χ3n) is 30.2. The number of benzene rings is 23. The van der Waals surface area contributed by atoms with E-state index in [4.69, 9.17) is 0 Å². The number of nitrogens with zero attached hydrogens (tertiary/aromatic N) is 6. The Morgan fingerprint density at radius 1 is 0.0972 bits per heavy atom. The molecule has 670 valence electrons. The smallest absolute Gasteiger partial charge is 0.0549 e. The van der Waals surface area contributed by atoms with Crippen molar-refractivity contribution in [2.45, 2.75) is 0 Å². The molecular formula is C138H88N6. The first-order valence-electron chi connectivity index (χ1n) is 49.7. The van der Waals surface area contributed by atoms with E-state index in [0.717, 1.165) is 145 Å². The maximum absolute atomic E-state index is 2.53. The van der Waals surface area contributed by atoms with Crippen molar-refractivity contribution in [3.63, 3.8) is 0 Å². The van der Waals surface area contributed by atoms with Gasteiger partial charge in [-0.15, -0.1) is 0 Å². The first-order chi connectivity index (χ1) is 71.5. The van der Waals surface area contributed by atoms with Gasteiger partial charge in [0.05, 0.1) is 77.6 Å². The molecule has 0 saturated heterocycles. The number of rotatable bonds is 16.